The maximum absolute atomic E-state index is 12.7. The van der Waals surface area contributed by atoms with Gasteiger partial charge in [0, 0.05) is 25.2 Å². The van der Waals surface area contributed by atoms with Crippen molar-refractivity contribution in [1.82, 2.24) is 14.8 Å². The molecule has 0 saturated carbocycles. The van der Waals surface area contributed by atoms with Gasteiger partial charge in [0.05, 0.1) is 5.52 Å². The zero-order valence-electron chi connectivity index (χ0n) is 13.1. The average molecular weight is 311 g/mol. The Kier molecular flexibility index (Phi) is 3.65. The Bertz CT molecular complexity index is 784. The third-order valence-electron chi connectivity index (χ3n) is 5.14. The van der Waals surface area contributed by atoms with Crippen molar-refractivity contribution in [1.29, 1.82) is 0 Å². The van der Waals surface area contributed by atoms with Crippen LogP contribution in [0.1, 0.15) is 12.8 Å². The first-order valence-corrected chi connectivity index (χ1v) is 8.32. The summed E-state index contributed by atoms with van der Waals surface area (Å²) in [5, 5.41) is 4.49. The molecule has 2 aliphatic rings. The number of amides is 1. The summed E-state index contributed by atoms with van der Waals surface area (Å²) in [6.07, 6.45) is 2.38. The van der Waals surface area contributed by atoms with Crippen LogP contribution in [-0.4, -0.2) is 41.1 Å². The van der Waals surface area contributed by atoms with Crippen molar-refractivity contribution >= 4 is 16.8 Å². The number of nitrogens with zero attached hydrogens (tertiary/aromatic N) is 2. The molecule has 120 valence electrons. The molecule has 1 aromatic heterocycles. The van der Waals surface area contributed by atoms with Crippen LogP contribution < -0.4 is 10.9 Å². The van der Waals surface area contributed by atoms with Gasteiger partial charge in [-0.05, 0) is 42.8 Å². The van der Waals surface area contributed by atoms with Gasteiger partial charge in [-0.3, -0.25) is 14.2 Å². The second kappa shape index (κ2) is 5.81. The molecule has 0 unspecified atom stereocenters. The van der Waals surface area contributed by atoms with E-state index >= 15 is 0 Å². The largest absolute Gasteiger partial charge is 0.339 e. The number of para-hydroxylation sites is 1. The first-order chi connectivity index (χ1) is 11.2. The summed E-state index contributed by atoms with van der Waals surface area (Å²) >= 11 is 0. The molecule has 3 heterocycles. The Morgan fingerprint density at radius 3 is 2.91 bits per heavy atom. The number of fused-ring (bicyclic) bond motifs is 2. The van der Waals surface area contributed by atoms with Crippen LogP contribution in [0.25, 0.3) is 10.9 Å². The maximum Gasteiger partial charge on any atom is 0.251 e. The van der Waals surface area contributed by atoms with E-state index in [-0.39, 0.29) is 18.0 Å². The number of pyridine rings is 1. The fourth-order valence-electron chi connectivity index (χ4n) is 3.89. The summed E-state index contributed by atoms with van der Waals surface area (Å²) in [6.45, 7) is 2.75. The van der Waals surface area contributed by atoms with Gasteiger partial charge >= 0.3 is 0 Å². The highest BCUT2D eigenvalue weighted by atomic mass is 16.2. The molecular formula is C18H21N3O2. The van der Waals surface area contributed by atoms with Crippen LogP contribution in [0.4, 0.5) is 0 Å². The quantitative estimate of drug-likeness (QED) is 0.907. The Labute approximate surface area is 134 Å². The van der Waals surface area contributed by atoms with Gasteiger partial charge < -0.3 is 10.2 Å². The molecule has 4 rings (SSSR count). The summed E-state index contributed by atoms with van der Waals surface area (Å²) in [4.78, 5) is 26.8. The van der Waals surface area contributed by atoms with E-state index < -0.39 is 0 Å². The number of hydrogen-bond acceptors (Lipinski definition) is 3. The maximum atomic E-state index is 12.7. The first kappa shape index (κ1) is 14.5. The molecule has 1 N–H and O–H groups in total. The number of rotatable bonds is 2. The van der Waals surface area contributed by atoms with E-state index in [1.807, 2.05) is 35.2 Å². The lowest BCUT2D eigenvalue weighted by Gasteiger charge is -2.24. The molecule has 1 aromatic carbocycles. The molecule has 0 aliphatic carbocycles. The second-order valence-corrected chi connectivity index (χ2v) is 6.58. The highest BCUT2D eigenvalue weighted by molar-refractivity contribution is 5.82. The molecule has 2 saturated heterocycles. The van der Waals surface area contributed by atoms with E-state index in [1.54, 1.807) is 10.6 Å². The molecule has 23 heavy (non-hydrogen) atoms. The zero-order valence-corrected chi connectivity index (χ0v) is 13.1. The molecule has 5 nitrogen and oxygen atoms in total. The first-order valence-electron chi connectivity index (χ1n) is 8.32. The lowest BCUT2D eigenvalue weighted by Crippen LogP contribution is -2.41. The van der Waals surface area contributed by atoms with Crippen molar-refractivity contribution in [3.05, 3.63) is 46.8 Å². The van der Waals surface area contributed by atoms with Gasteiger partial charge in [-0.2, -0.15) is 0 Å². The number of aromatic nitrogens is 1. The van der Waals surface area contributed by atoms with Crippen LogP contribution >= 0.6 is 0 Å². The fraction of sp³-hybridized carbons (Fsp3) is 0.444. The third-order valence-corrected chi connectivity index (χ3v) is 5.14. The van der Waals surface area contributed by atoms with E-state index in [1.165, 1.54) is 12.8 Å². The van der Waals surface area contributed by atoms with Gasteiger partial charge in [0.1, 0.15) is 6.54 Å². The molecule has 2 aliphatic heterocycles. The van der Waals surface area contributed by atoms with Crippen molar-refractivity contribution in [2.75, 3.05) is 19.6 Å². The molecule has 2 aromatic rings. The van der Waals surface area contributed by atoms with E-state index in [4.69, 9.17) is 0 Å². The summed E-state index contributed by atoms with van der Waals surface area (Å²) in [7, 11) is 0. The molecule has 1 amide bonds. The van der Waals surface area contributed by atoms with Crippen LogP contribution in [-0.2, 0) is 11.3 Å². The minimum absolute atomic E-state index is 0.0413. The monoisotopic (exact) mass is 311 g/mol. The number of nitrogens with one attached hydrogen (secondary N) is 1. The zero-order chi connectivity index (χ0) is 15.8. The predicted octanol–water partition coefficient (Wildman–Crippen LogP) is 1.21. The molecule has 0 spiro atoms. The number of likely N-dealkylation sites (tertiary alicyclic amines) is 1. The highest BCUT2D eigenvalue weighted by Gasteiger charge is 2.36. The van der Waals surface area contributed by atoms with Crippen molar-refractivity contribution in [2.45, 2.75) is 25.4 Å². The molecule has 0 bridgehead atoms. The van der Waals surface area contributed by atoms with E-state index in [2.05, 4.69) is 5.32 Å². The van der Waals surface area contributed by atoms with Gasteiger partial charge in [-0.25, -0.2) is 0 Å². The lowest BCUT2D eigenvalue weighted by atomic mass is 9.94. The van der Waals surface area contributed by atoms with Crippen LogP contribution in [0.5, 0.6) is 0 Å². The Balaban J connectivity index is 1.58. The van der Waals surface area contributed by atoms with Crippen molar-refractivity contribution < 1.29 is 4.79 Å². The Morgan fingerprint density at radius 2 is 2.04 bits per heavy atom. The van der Waals surface area contributed by atoms with Crippen molar-refractivity contribution in [3.8, 4) is 0 Å². The molecule has 0 radical (unpaired) electrons. The van der Waals surface area contributed by atoms with Crippen LogP contribution in [0.15, 0.2) is 41.2 Å². The Hall–Kier alpha value is -2.14. The van der Waals surface area contributed by atoms with Gasteiger partial charge in [-0.1, -0.05) is 18.2 Å². The number of carbonyl (C=O) groups is 1. The van der Waals surface area contributed by atoms with Crippen LogP contribution in [0.3, 0.4) is 0 Å². The highest BCUT2D eigenvalue weighted by Crippen LogP contribution is 2.25. The molecular weight excluding hydrogens is 290 g/mol. The molecule has 2 fully saturated rings. The predicted molar refractivity (Wildman–Crippen MR) is 89.3 cm³/mol. The van der Waals surface area contributed by atoms with E-state index in [0.717, 1.165) is 30.5 Å². The van der Waals surface area contributed by atoms with E-state index in [0.29, 0.717) is 12.0 Å². The average Bonchev–Trinajstić information content (AvgIpc) is 3.01. The fourth-order valence-corrected chi connectivity index (χ4v) is 3.89. The standard InChI is InChI=1S/C18H21N3O2/c22-17-8-7-13-4-1-2-6-16(13)21(17)12-18(23)20-10-14-5-3-9-19-15(14)11-20/h1-2,4,6-8,14-15,19H,3,5,9-12H2/t14-,15+/m0/s1. The minimum atomic E-state index is -0.119. The number of piperidine rings is 1. The van der Waals surface area contributed by atoms with Crippen molar-refractivity contribution in [2.24, 2.45) is 5.92 Å². The Morgan fingerprint density at radius 1 is 1.17 bits per heavy atom. The van der Waals surface area contributed by atoms with Gasteiger partial charge in [0.2, 0.25) is 5.91 Å². The topological polar surface area (TPSA) is 54.3 Å². The third kappa shape index (κ3) is 2.65. The lowest BCUT2D eigenvalue weighted by molar-refractivity contribution is -0.130. The number of benzene rings is 1. The van der Waals surface area contributed by atoms with Crippen LogP contribution in [0, 0.1) is 5.92 Å². The van der Waals surface area contributed by atoms with Gasteiger partial charge in [0.25, 0.3) is 5.56 Å². The number of carbonyl (C=O) groups excluding carboxylic acids is 1. The van der Waals surface area contributed by atoms with E-state index in [9.17, 15) is 9.59 Å². The van der Waals surface area contributed by atoms with Gasteiger partial charge in [-0.15, -0.1) is 0 Å². The summed E-state index contributed by atoms with van der Waals surface area (Å²) < 4.78 is 1.59. The summed E-state index contributed by atoms with van der Waals surface area (Å²) in [5.74, 6) is 0.608. The van der Waals surface area contributed by atoms with Gasteiger partial charge in [0.15, 0.2) is 0 Å². The number of hydrogen-bond donors (Lipinski definition) is 1. The molecule has 5 heteroatoms. The smallest absolute Gasteiger partial charge is 0.251 e. The SMILES string of the molecule is O=C(Cn1c(=O)ccc2ccccc21)N1C[C@@H]2CCCN[C@@H]2C1. The van der Waals surface area contributed by atoms with Crippen molar-refractivity contribution in [3.63, 3.8) is 0 Å². The minimum Gasteiger partial charge on any atom is -0.339 e. The summed E-state index contributed by atoms with van der Waals surface area (Å²) in [5.41, 5.74) is 0.704. The molecule has 2 atom stereocenters. The summed E-state index contributed by atoms with van der Waals surface area (Å²) in [6, 6.07) is 11.5. The van der Waals surface area contributed by atoms with Crippen LogP contribution in [0.2, 0.25) is 0 Å². The second-order valence-electron chi connectivity index (χ2n) is 6.58. The normalized spacial score (nSPS) is 23.9.